The van der Waals surface area contributed by atoms with E-state index in [2.05, 4.69) is 15.5 Å². The largest absolute Gasteiger partial charge is 0.388 e. The lowest BCUT2D eigenvalue weighted by molar-refractivity contribution is -0.0605. The number of carbonyl (C=O) groups excluding carboxylic acids is 1. The highest BCUT2D eigenvalue weighted by Gasteiger charge is 2.30. The molecule has 7 heteroatoms. The summed E-state index contributed by atoms with van der Waals surface area (Å²) in [5, 5.41) is 17.6. The fourth-order valence-electron chi connectivity index (χ4n) is 2.34. The molecule has 1 saturated heterocycles. The summed E-state index contributed by atoms with van der Waals surface area (Å²) in [6.45, 7) is 3.02. The van der Waals surface area contributed by atoms with E-state index in [0.29, 0.717) is 48.4 Å². The minimum Gasteiger partial charge on any atom is -0.388 e. The van der Waals surface area contributed by atoms with Crippen molar-refractivity contribution >= 4 is 17.0 Å². The van der Waals surface area contributed by atoms with Gasteiger partial charge in [0.05, 0.1) is 22.2 Å². The molecular formula is C14H17N3O4. The molecule has 0 unspecified atom stereocenters. The Balaban J connectivity index is 1.70. The van der Waals surface area contributed by atoms with Crippen LogP contribution in [0.2, 0.25) is 0 Å². The molecule has 0 spiro atoms. The maximum Gasteiger partial charge on any atom is 0.257 e. The van der Waals surface area contributed by atoms with Gasteiger partial charge in [-0.25, -0.2) is 4.98 Å². The summed E-state index contributed by atoms with van der Waals surface area (Å²) in [7, 11) is 0. The first-order chi connectivity index (χ1) is 10.1. The lowest BCUT2D eigenvalue weighted by atomic mass is 9.94. The zero-order valence-electron chi connectivity index (χ0n) is 11.8. The predicted molar refractivity (Wildman–Crippen MR) is 73.9 cm³/mol. The van der Waals surface area contributed by atoms with Crippen LogP contribution in [0.3, 0.4) is 0 Å². The van der Waals surface area contributed by atoms with Crippen molar-refractivity contribution in [1.82, 2.24) is 15.5 Å². The molecule has 0 saturated carbocycles. The number of fused-ring (bicyclic) bond motifs is 1. The van der Waals surface area contributed by atoms with Crippen LogP contribution >= 0.6 is 0 Å². The molecule has 3 rings (SSSR count). The van der Waals surface area contributed by atoms with Crippen LogP contribution in [0.1, 0.15) is 28.9 Å². The van der Waals surface area contributed by atoms with Crippen LogP contribution in [-0.2, 0) is 4.74 Å². The molecule has 0 aliphatic carbocycles. The molecule has 112 valence electrons. The normalized spacial score (nSPS) is 17.8. The zero-order valence-corrected chi connectivity index (χ0v) is 11.8. The van der Waals surface area contributed by atoms with Crippen LogP contribution in [0.5, 0.6) is 0 Å². The Labute approximate surface area is 121 Å². The number of nitrogens with one attached hydrogen (secondary N) is 1. The maximum atomic E-state index is 12.2. The van der Waals surface area contributed by atoms with Gasteiger partial charge in [-0.2, -0.15) is 0 Å². The minimum absolute atomic E-state index is 0.204. The monoisotopic (exact) mass is 291 g/mol. The number of nitrogens with zero attached hydrogens (tertiary/aromatic N) is 2. The summed E-state index contributed by atoms with van der Waals surface area (Å²) < 4.78 is 10.2. The molecule has 21 heavy (non-hydrogen) atoms. The highest BCUT2D eigenvalue weighted by atomic mass is 16.5. The first-order valence-electron chi connectivity index (χ1n) is 6.88. The van der Waals surface area contributed by atoms with Crippen LogP contribution in [0.4, 0.5) is 0 Å². The standard InChI is InChI=1S/C14H17N3O4/c1-9-11-6-10(7-15-13(11)21-17-9)12(18)16-8-14(19)2-4-20-5-3-14/h6-7,19H,2-5,8H2,1H3,(H,16,18). The first-order valence-corrected chi connectivity index (χ1v) is 6.88. The third-order valence-corrected chi connectivity index (χ3v) is 3.77. The minimum atomic E-state index is -0.890. The van der Waals surface area contributed by atoms with E-state index in [1.54, 1.807) is 13.0 Å². The zero-order chi connectivity index (χ0) is 14.9. The van der Waals surface area contributed by atoms with Crippen LogP contribution in [-0.4, -0.2) is 46.5 Å². The Morgan fingerprint density at radius 3 is 3.00 bits per heavy atom. The highest BCUT2D eigenvalue weighted by Crippen LogP contribution is 2.20. The molecule has 1 fully saturated rings. The molecule has 2 N–H and O–H groups in total. The number of carbonyl (C=O) groups is 1. The third-order valence-electron chi connectivity index (χ3n) is 3.77. The van der Waals surface area contributed by atoms with Crippen LogP contribution < -0.4 is 5.32 Å². The fraction of sp³-hybridized carbons (Fsp3) is 0.500. The maximum absolute atomic E-state index is 12.2. The van der Waals surface area contributed by atoms with E-state index in [-0.39, 0.29) is 12.5 Å². The molecule has 1 aliphatic rings. The highest BCUT2D eigenvalue weighted by molar-refractivity contribution is 5.96. The second-order valence-corrected chi connectivity index (χ2v) is 5.36. The molecule has 7 nitrogen and oxygen atoms in total. The Bertz CT molecular complexity index is 661. The number of aliphatic hydroxyl groups is 1. The number of pyridine rings is 1. The molecule has 0 bridgehead atoms. The molecular weight excluding hydrogens is 274 g/mol. The van der Waals surface area contributed by atoms with Crippen molar-refractivity contribution in [3.8, 4) is 0 Å². The number of aryl methyl sites for hydroxylation is 1. The third kappa shape index (κ3) is 2.88. The second-order valence-electron chi connectivity index (χ2n) is 5.36. The molecule has 3 heterocycles. The summed E-state index contributed by atoms with van der Waals surface area (Å²) >= 11 is 0. The average molecular weight is 291 g/mol. The van der Waals surface area contributed by atoms with Crippen molar-refractivity contribution in [2.24, 2.45) is 0 Å². The van der Waals surface area contributed by atoms with Crippen molar-refractivity contribution in [1.29, 1.82) is 0 Å². The van der Waals surface area contributed by atoms with E-state index in [1.807, 2.05) is 0 Å². The van der Waals surface area contributed by atoms with Gasteiger partial charge in [0.1, 0.15) is 0 Å². The van der Waals surface area contributed by atoms with Crippen molar-refractivity contribution in [3.05, 3.63) is 23.5 Å². The van der Waals surface area contributed by atoms with Crippen molar-refractivity contribution in [2.75, 3.05) is 19.8 Å². The topological polar surface area (TPSA) is 97.5 Å². The number of aromatic nitrogens is 2. The Kier molecular flexibility index (Phi) is 3.60. The molecule has 1 aliphatic heterocycles. The number of ether oxygens (including phenoxy) is 1. The first kappa shape index (κ1) is 14.0. The van der Waals surface area contributed by atoms with Gasteiger partial charge in [0.2, 0.25) is 0 Å². The molecule has 2 aromatic heterocycles. The second kappa shape index (κ2) is 5.42. The average Bonchev–Trinajstić information content (AvgIpc) is 2.87. The van der Waals surface area contributed by atoms with E-state index in [9.17, 15) is 9.90 Å². The lowest BCUT2D eigenvalue weighted by Gasteiger charge is -2.32. The molecule has 0 aromatic carbocycles. The van der Waals surface area contributed by atoms with E-state index in [4.69, 9.17) is 9.26 Å². The van der Waals surface area contributed by atoms with E-state index in [1.165, 1.54) is 6.20 Å². The van der Waals surface area contributed by atoms with E-state index >= 15 is 0 Å². The van der Waals surface area contributed by atoms with Gasteiger partial charge in [-0.1, -0.05) is 5.16 Å². The predicted octanol–water partition coefficient (Wildman–Crippen LogP) is 0.803. The van der Waals surface area contributed by atoms with Crippen LogP contribution in [0, 0.1) is 6.92 Å². The number of hydrogen-bond acceptors (Lipinski definition) is 6. The number of rotatable bonds is 3. The van der Waals surface area contributed by atoms with Crippen molar-refractivity contribution in [3.63, 3.8) is 0 Å². The molecule has 2 aromatic rings. The SMILES string of the molecule is Cc1noc2ncc(C(=O)NCC3(O)CCOCC3)cc12. The van der Waals surface area contributed by atoms with Gasteiger partial charge >= 0.3 is 0 Å². The summed E-state index contributed by atoms with van der Waals surface area (Å²) in [6, 6.07) is 1.69. The van der Waals surface area contributed by atoms with Gasteiger partial charge in [-0.15, -0.1) is 0 Å². The number of hydrogen-bond donors (Lipinski definition) is 2. The summed E-state index contributed by atoms with van der Waals surface area (Å²) in [5.41, 5.74) is 0.630. The smallest absolute Gasteiger partial charge is 0.257 e. The van der Waals surface area contributed by atoms with Gasteiger partial charge in [-0.3, -0.25) is 4.79 Å². The van der Waals surface area contributed by atoms with E-state index < -0.39 is 5.60 Å². The fourth-order valence-corrected chi connectivity index (χ4v) is 2.34. The van der Waals surface area contributed by atoms with Gasteiger partial charge in [0.25, 0.3) is 11.6 Å². The van der Waals surface area contributed by atoms with Gasteiger partial charge < -0.3 is 19.7 Å². The summed E-state index contributed by atoms with van der Waals surface area (Å²) in [5.74, 6) is -0.273. The van der Waals surface area contributed by atoms with Gasteiger partial charge in [-0.05, 0) is 13.0 Å². The van der Waals surface area contributed by atoms with E-state index in [0.717, 1.165) is 0 Å². The molecule has 0 radical (unpaired) electrons. The Morgan fingerprint density at radius 2 is 2.24 bits per heavy atom. The summed E-state index contributed by atoms with van der Waals surface area (Å²) in [4.78, 5) is 16.2. The van der Waals surface area contributed by atoms with Gasteiger partial charge in [0, 0.05) is 38.8 Å². The van der Waals surface area contributed by atoms with Gasteiger partial charge in [0.15, 0.2) is 0 Å². The molecule has 1 amide bonds. The van der Waals surface area contributed by atoms with Crippen LogP contribution in [0.25, 0.3) is 11.1 Å². The quantitative estimate of drug-likeness (QED) is 0.868. The Hall–Kier alpha value is -1.99. The summed E-state index contributed by atoms with van der Waals surface area (Å²) in [6.07, 6.45) is 2.49. The number of amides is 1. The Morgan fingerprint density at radius 1 is 1.48 bits per heavy atom. The van der Waals surface area contributed by atoms with Crippen molar-refractivity contribution in [2.45, 2.75) is 25.4 Å². The van der Waals surface area contributed by atoms with Crippen LogP contribution in [0.15, 0.2) is 16.8 Å². The molecule has 0 atom stereocenters. The lowest BCUT2D eigenvalue weighted by Crippen LogP contribution is -2.46. The van der Waals surface area contributed by atoms with Crippen molar-refractivity contribution < 1.29 is 19.2 Å².